The summed E-state index contributed by atoms with van der Waals surface area (Å²) in [4.78, 5) is 2.41. The first-order chi connectivity index (χ1) is 8.40. The van der Waals surface area contributed by atoms with Crippen molar-refractivity contribution in [2.24, 2.45) is 0 Å². The number of hydrogen-bond donors (Lipinski definition) is 0. The number of nitriles is 1. The zero-order valence-electron chi connectivity index (χ0n) is 10.1. The molecule has 1 aromatic carbocycles. The first kappa shape index (κ1) is 11.8. The van der Waals surface area contributed by atoms with Crippen LogP contribution in [0.1, 0.15) is 25.7 Å². The molecule has 1 saturated heterocycles. The Morgan fingerprint density at radius 1 is 1.18 bits per heavy atom. The zero-order valence-corrected chi connectivity index (χ0v) is 10.1. The lowest BCUT2D eigenvalue weighted by Gasteiger charge is -2.23. The maximum Gasteiger partial charge on any atom is 0.174 e. The Morgan fingerprint density at radius 2 is 1.94 bits per heavy atom. The molecule has 0 aromatic heterocycles. The van der Waals surface area contributed by atoms with Crippen molar-refractivity contribution >= 4 is 5.69 Å². The van der Waals surface area contributed by atoms with E-state index in [-0.39, 0.29) is 6.61 Å². The summed E-state index contributed by atoms with van der Waals surface area (Å²) < 4.78 is 5.33. The highest BCUT2D eigenvalue weighted by atomic mass is 16.5. The van der Waals surface area contributed by atoms with Gasteiger partial charge in [0.1, 0.15) is 11.8 Å². The predicted molar refractivity (Wildman–Crippen MR) is 68.2 cm³/mol. The standard InChI is InChI=1S/C14H18N2O/c15-8-11-17-14-7-5-6-13(12-14)16-9-3-1-2-4-10-16/h5-7,12H,1-4,9-11H2. The van der Waals surface area contributed by atoms with Gasteiger partial charge in [-0.2, -0.15) is 5.26 Å². The lowest BCUT2D eigenvalue weighted by Crippen LogP contribution is -2.23. The monoisotopic (exact) mass is 230 g/mol. The van der Waals surface area contributed by atoms with E-state index in [0.717, 1.165) is 18.8 Å². The Kier molecular flexibility index (Phi) is 4.26. The Bertz CT molecular complexity index is 389. The van der Waals surface area contributed by atoms with E-state index in [9.17, 15) is 0 Å². The lowest BCUT2D eigenvalue weighted by molar-refractivity contribution is 0.368. The lowest BCUT2D eigenvalue weighted by atomic mass is 10.2. The average molecular weight is 230 g/mol. The van der Waals surface area contributed by atoms with Crippen molar-refractivity contribution in [3.63, 3.8) is 0 Å². The molecule has 1 heterocycles. The van der Waals surface area contributed by atoms with Crippen molar-refractivity contribution in [2.45, 2.75) is 25.7 Å². The van der Waals surface area contributed by atoms with Crippen molar-refractivity contribution in [1.29, 1.82) is 5.26 Å². The summed E-state index contributed by atoms with van der Waals surface area (Å²) >= 11 is 0. The van der Waals surface area contributed by atoms with Gasteiger partial charge in [0.05, 0.1) is 0 Å². The maximum absolute atomic E-state index is 8.50. The first-order valence-corrected chi connectivity index (χ1v) is 6.25. The van der Waals surface area contributed by atoms with E-state index in [1.807, 2.05) is 24.3 Å². The summed E-state index contributed by atoms with van der Waals surface area (Å²) in [5, 5.41) is 8.50. The highest BCUT2D eigenvalue weighted by Crippen LogP contribution is 2.23. The van der Waals surface area contributed by atoms with Gasteiger partial charge in [0.25, 0.3) is 0 Å². The SMILES string of the molecule is N#CCOc1cccc(N2CCCCCC2)c1. The smallest absolute Gasteiger partial charge is 0.174 e. The Hall–Kier alpha value is -1.69. The van der Waals surface area contributed by atoms with Crippen LogP contribution in [-0.2, 0) is 0 Å². The van der Waals surface area contributed by atoms with Gasteiger partial charge in [-0.05, 0) is 25.0 Å². The van der Waals surface area contributed by atoms with Gasteiger partial charge in [-0.1, -0.05) is 18.9 Å². The molecular formula is C14H18N2O. The fourth-order valence-corrected chi connectivity index (χ4v) is 2.21. The molecule has 1 aromatic rings. The normalized spacial score (nSPS) is 16.1. The molecule has 0 bridgehead atoms. The second-order valence-electron chi connectivity index (χ2n) is 4.35. The van der Waals surface area contributed by atoms with E-state index < -0.39 is 0 Å². The van der Waals surface area contributed by atoms with Crippen LogP contribution < -0.4 is 9.64 Å². The van der Waals surface area contributed by atoms with Crippen molar-refractivity contribution < 1.29 is 4.74 Å². The molecule has 0 aliphatic carbocycles. The molecule has 0 saturated carbocycles. The van der Waals surface area contributed by atoms with Crippen LogP contribution in [0.5, 0.6) is 5.75 Å². The van der Waals surface area contributed by atoms with Crippen LogP contribution in [0.4, 0.5) is 5.69 Å². The van der Waals surface area contributed by atoms with Crippen LogP contribution in [-0.4, -0.2) is 19.7 Å². The van der Waals surface area contributed by atoms with E-state index in [2.05, 4.69) is 11.0 Å². The minimum absolute atomic E-state index is 0.115. The van der Waals surface area contributed by atoms with Gasteiger partial charge in [-0.3, -0.25) is 0 Å². The molecule has 90 valence electrons. The molecule has 2 rings (SSSR count). The quantitative estimate of drug-likeness (QED) is 0.801. The van der Waals surface area contributed by atoms with Crippen molar-refractivity contribution in [2.75, 3.05) is 24.6 Å². The number of rotatable bonds is 3. The topological polar surface area (TPSA) is 36.3 Å². The Balaban J connectivity index is 2.06. The number of nitrogens with zero attached hydrogens (tertiary/aromatic N) is 2. The molecule has 1 aliphatic heterocycles. The van der Waals surface area contributed by atoms with Crippen LogP contribution in [0.25, 0.3) is 0 Å². The predicted octanol–water partition coefficient (Wildman–Crippen LogP) is 2.97. The average Bonchev–Trinajstić information content (AvgIpc) is 2.65. The number of benzene rings is 1. The second kappa shape index (κ2) is 6.15. The fourth-order valence-electron chi connectivity index (χ4n) is 2.21. The van der Waals surface area contributed by atoms with Gasteiger partial charge in [-0.15, -0.1) is 0 Å². The number of ether oxygens (including phenoxy) is 1. The van der Waals surface area contributed by atoms with E-state index in [4.69, 9.17) is 10.00 Å². The molecule has 1 aliphatic rings. The molecule has 1 fully saturated rings. The summed E-state index contributed by atoms with van der Waals surface area (Å²) in [5.74, 6) is 0.785. The third-order valence-electron chi connectivity index (χ3n) is 3.09. The van der Waals surface area contributed by atoms with Crippen molar-refractivity contribution in [3.05, 3.63) is 24.3 Å². The van der Waals surface area contributed by atoms with E-state index in [0.29, 0.717) is 0 Å². The van der Waals surface area contributed by atoms with Crippen LogP contribution in [0.15, 0.2) is 24.3 Å². The molecule has 0 N–H and O–H groups in total. The molecule has 0 radical (unpaired) electrons. The van der Waals surface area contributed by atoms with Gasteiger partial charge in [0, 0.05) is 24.8 Å². The summed E-state index contributed by atoms with van der Waals surface area (Å²) in [6.07, 6.45) is 5.20. The largest absolute Gasteiger partial charge is 0.479 e. The highest BCUT2D eigenvalue weighted by molar-refractivity contribution is 5.50. The minimum atomic E-state index is 0.115. The molecule has 0 atom stereocenters. The van der Waals surface area contributed by atoms with Crippen molar-refractivity contribution in [1.82, 2.24) is 0 Å². The molecule has 0 amide bonds. The number of anilines is 1. The molecule has 0 spiro atoms. The minimum Gasteiger partial charge on any atom is -0.479 e. The van der Waals surface area contributed by atoms with Gasteiger partial charge in [0.15, 0.2) is 6.61 Å². The third kappa shape index (κ3) is 3.39. The Labute approximate surface area is 103 Å². The zero-order chi connectivity index (χ0) is 11.9. The highest BCUT2D eigenvalue weighted by Gasteiger charge is 2.10. The van der Waals surface area contributed by atoms with Crippen LogP contribution in [0.2, 0.25) is 0 Å². The molecule has 0 unspecified atom stereocenters. The van der Waals surface area contributed by atoms with E-state index in [1.54, 1.807) is 0 Å². The van der Waals surface area contributed by atoms with E-state index >= 15 is 0 Å². The maximum atomic E-state index is 8.50. The van der Waals surface area contributed by atoms with Crippen molar-refractivity contribution in [3.8, 4) is 11.8 Å². The molecular weight excluding hydrogens is 212 g/mol. The second-order valence-corrected chi connectivity index (χ2v) is 4.35. The molecule has 17 heavy (non-hydrogen) atoms. The number of hydrogen-bond acceptors (Lipinski definition) is 3. The van der Waals surface area contributed by atoms with Crippen LogP contribution >= 0.6 is 0 Å². The summed E-state index contributed by atoms with van der Waals surface area (Å²) in [7, 11) is 0. The molecule has 3 nitrogen and oxygen atoms in total. The van der Waals surface area contributed by atoms with E-state index in [1.165, 1.54) is 31.4 Å². The first-order valence-electron chi connectivity index (χ1n) is 6.25. The van der Waals surface area contributed by atoms with Gasteiger partial charge in [0.2, 0.25) is 0 Å². The van der Waals surface area contributed by atoms with Gasteiger partial charge in [-0.25, -0.2) is 0 Å². The van der Waals surface area contributed by atoms with Crippen LogP contribution in [0.3, 0.4) is 0 Å². The summed E-state index contributed by atoms with van der Waals surface area (Å²) in [5.41, 5.74) is 1.21. The van der Waals surface area contributed by atoms with Gasteiger partial charge < -0.3 is 9.64 Å². The summed E-state index contributed by atoms with van der Waals surface area (Å²) in [6, 6.07) is 10.0. The Morgan fingerprint density at radius 3 is 2.65 bits per heavy atom. The van der Waals surface area contributed by atoms with Gasteiger partial charge >= 0.3 is 0 Å². The molecule has 3 heteroatoms. The third-order valence-corrected chi connectivity index (χ3v) is 3.09. The fraction of sp³-hybridized carbons (Fsp3) is 0.500. The summed E-state index contributed by atoms with van der Waals surface area (Å²) in [6.45, 7) is 2.37. The van der Waals surface area contributed by atoms with Crippen LogP contribution in [0, 0.1) is 11.3 Å².